The summed E-state index contributed by atoms with van der Waals surface area (Å²) in [6, 6.07) is 15.7. The highest BCUT2D eigenvalue weighted by molar-refractivity contribution is 5.79. The van der Waals surface area contributed by atoms with Gasteiger partial charge in [-0.3, -0.25) is 4.79 Å². The summed E-state index contributed by atoms with van der Waals surface area (Å²) in [6.45, 7) is 3.30. The van der Waals surface area contributed by atoms with Crippen molar-refractivity contribution in [1.82, 2.24) is 25.1 Å². The second kappa shape index (κ2) is 6.93. The van der Waals surface area contributed by atoms with Crippen LogP contribution in [-0.4, -0.2) is 19.7 Å². The number of hydrogen-bond acceptors (Lipinski definition) is 4. The van der Waals surface area contributed by atoms with Crippen molar-refractivity contribution in [2.75, 3.05) is 0 Å². The van der Waals surface area contributed by atoms with Crippen molar-refractivity contribution in [3.8, 4) is 5.69 Å². The number of aryl methyl sites for hydroxylation is 1. The number of fused-ring (bicyclic) bond motifs is 1. The molecule has 0 unspecified atom stereocenters. The highest BCUT2D eigenvalue weighted by Gasteiger charge is 2.03. The number of hydrogen-bond donors (Lipinski definition) is 2. The number of aromatic amines is 1. The van der Waals surface area contributed by atoms with Gasteiger partial charge in [-0.05, 0) is 36.8 Å². The van der Waals surface area contributed by atoms with E-state index in [2.05, 4.69) is 32.5 Å². The third kappa shape index (κ3) is 3.41. The lowest BCUT2D eigenvalue weighted by atomic mass is 10.1. The van der Waals surface area contributed by atoms with E-state index < -0.39 is 0 Å². The summed E-state index contributed by atoms with van der Waals surface area (Å²) in [7, 11) is 0. The Bertz CT molecular complexity index is 1080. The molecular weight excluding hydrogens is 326 g/mol. The number of aromatic nitrogens is 4. The van der Waals surface area contributed by atoms with Crippen LogP contribution in [0.15, 0.2) is 66.0 Å². The third-order valence-corrected chi connectivity index (χ3v) is 4.31. The summed E-state index contributed by atoms with van der Waals surface area (Å²) < 4.78 is 1.72. The average Bonchev–Trinajstić information content (AvgIpc) is 3.18. The predicted molar refractivity (Wildman–Crippen MR) is 101 cm³/mol. The minimum atomic E-state index is 0.0523. The van der Waals surface area contributed by atoms with Gasteiger partial charge in [0.1, 0.15) is 12.7 Å². The van der Waals surface area contributed by atoms with Crippen LogP contribution in [0.1, 0.15) is 16.8 Å². The molecule has 0 saturated heterocycles. The van der Waals surface area contributed by atoms with Crippen LogP contribution < -0.4 is 10.7 Å². The van der Waals surface area contributed by atoms with Crippen molar-refractivity contribution < 1.29 is 0 Å². The first-order valence-electron chi connectivity index (χ1n) is 8.46. The zero-order valence-electron chi connectivity index (χ0n) is 14.4. The van der Waals surface area contributed by atoms with Gasteiger partial charge in [0.05, 0.1) is 5.69 Å². The van der Waals surface area contributed by atoms with Crippen LogP contribution >= 0.6 is 0 Å². The zero-order valence-corrected chi connectivity index (χ0v) is 14.4. The van der Waals surface area contributed by atoms with Gasteiger partial charge in [0, 0.05) is 35.8 Å². The van der Waals surface area contributed by atoms with Gasteiger partial charge in [0.2, 0.25) is 0 Å². The second-order valence-electron chi connectivity index (χ2n) is 6.32. The van der Waals surface area contributed by atoms with E-state index in [0.717, 1.165) is 33.4 Å². The molecule has 0 atom stereocenters. The van der Waals surface area contributed by atoms with Crippen LogP contribution in [0, 0.1) is 6.92 Å². The van der Waals surface area contributed by atoms with E-state index in [4.69, 9.17) is 0 Å². The van der Waals surface area contributed by atoms with Gasteiger partial charge in [0.25, 0.3) is 0 Å². The summed E-state index contributed by atoms with van der Waals surface area (Å²) in [5, 5.41) is 8.22. The molecule has 0 amide bonds. The van der Waals surface area contributed by atoms with Crippen molar-refractivity contribution in [1.29, 1.82) is 0 Å². The SMILES string of the molecule is Cc1ccc2[nH]c(CNCc3ccc(-n4cncn4)cc3)cc(=O)c2c1. The summed E-state index contributed by atoms with van der Waals surface area (Å²) in [6.07, 6.45) is 3.19. The lowest BCUT2D eigenvalue weighted by Gasteiger charge is -2.08. The smallest absolute Gasteiger partial charge is 0.189 e. The number of nitrogens with zero attached hydrogens (tertiary/aromatic N) is 3. The van der Waals surface area contributed by atoms with Crippen LogP contribution in [0.25, 0.3) is 16.6 Å². The van der Waals surface area contributed by atoms with Crippen molar-refractivity contribution in [3.05, 3.63) is 88.2 Å². The van der Waals surface area contributed by atoms with Crippen LogP contribution in [-0.2, 0) is 13.1 Å². The largest absolute Gasteiger partial charge is 0.357 e. The van der Waals surface area contributed by atoms with E-state index in [-0.39, 0.29) is 5.43 Å². The first-order chi connectivity index (χ1) is 12.7. The summed E-state index contributed by atoms with van der Waals surface area (Å²) in [5.41, 5.74) is 5.02. The van der Waals surface area contributed by atoms with Crippen molar-refractivity contribution in [3.63, 3.8) is 0 Å². The van der Waals surface area contributed by atoms with Gasteiger partial charge in [0.15, 0.2) is 5.43 Å². The topological polar surface area (TPSA) is 75.6 Å². The number of benzene rings is 2. The Morgan fingerprint density at radius 3 is 2.69 bits per heavy atom. The molecule has 6 heteroatoms. The average molecular weight is 345 g/mol. The molecule has 0 aliphatic carbocycles. The van der Waals surface area contributed by atoms with E-state index in [0.29, 0.717) is 13.1 Å². The molecule has 4 rings (SSSR count). The first kappa shape index (κ1) is 16.2. The fourth-order valence-corrected chi connectivity index (χ4v) is 2.96. The number of rotatable bonds is 5. The first-order valence-corrected chi connectivity index (χ1v) is 8.46. The van der Waals surface area contributed by atoms with Gasteiger partial charge >= 0.3 is 0 Å². The van der Waals surface area contributed by atoms with E-state index in [9.17, 15) is 4.79 Å². The molecule has 0 radical (unpaired) electrons. The molecular formula is C20H19N5O. The zero-order chi connectivity index (χ0) is 17.9. The fourth-order valence-electron chi connectivity index (χ4n) is 2.96. The molecule has 4 aromatic rings. The highest BCUT2D eigenvalue weighted by atomic mass is 16.1. The Morgan fingerprint density at radius 2 is 1.92 bits per heavy atom. The maximum atomic E-state index is 12.3. The predicted octanol–water partition coefficient (Wildman–Crippen LogP) is 2.71. The molecule has 2 heterocycles. The molecule has 0 aliphatic rings. The Balaban J connectivity index is 1.42. The van der Waals surface area contributed by atoms with Crippen LogP contribution in [0.3, 0.4) is 0 Å². The number of nitrogens with one attached hydrogen (secondary N) is 2. The Kier molecular flexibility index (Phi) is 4.33. The van der Waals surface area contributed by atoms with Crippen LogP contribution in [0.4, 0.5) is 0 Å². The molecule has 6 nitrogen and oxygen atoms in total. The fraction of sp³-hybridized carbons (Fsp3) is 0.150. The number of H-pyrrole nitrogens is 1. The van der Waals surface area contributed by atoms with Gasteiger partial charge < -0.3 is 10.3 Å². The Hall–Kier alpha value is -3.25. The van der Waals surface area contributed by atoms with Crippen molar-refractivity contribution >= 4 is 10.9 Å². The van der Waals surface area contributed by atoms with E-state index >= 15 is 0 Å². The molecule has 0 spiro atoms. The third-order valence-electron chi connectivity index (χ3n) is 4.31. The van der Waals surface area contributed by atoms with E-state index in [1.54, 1.807) is 17.1 Å². The minimum absolute atomic E-state index is 0.0523. The maximum absolute atomic E-state index is 12.3. The molecule has 130 valence electrons. The lowest BCUT2D eigenvalue weighted by Crippen LogP contribution is -2.16. The van der Waals surface area contributed by atoms with Gasteiger partial charge in [-0.1, -0.05) is 23.8 Å². The summed E-state index contributed by atoms with van der Waals surface area (Å²) >= 11 is 0. The van der Waals surface area contributed by atoms with Crippen LogP contribution in [0.2, 0.25) is 0 Å². The van der Waals surface area contributed by atoms with Gasteiger partial charge in [-0.25, -0.2) is 9.67 Å². The molecule has 2 aromatic heterocycles. The lowest BCUT2D eigenvalue weighted by molar-refractivity contribution is 0.681. The molecule has 0 fully saturated rings. The molecule has 0 aliphatic heterocycles. The summed E-state index contributed by atoms with van der Waals surface area (Å²) in [4.78, 5) is 19.5. The summed E-state index contributed by atoms with van der Waals surface area (Å²) in [5.74, 6) is 0. The van der Waals surface area contributed by atoms with E-state index in [1.807, 2.05) is 37.3 Å². The minimum Gasteiger partial charge on any atom is -0.357 e. The molecule has 2 aromatic carbocycles. The molecule has 0 bridgehead atoms. The normalized spacial score (nSPS) is 11.1. The second-order valence-corrected chi connectivity index (χ2v) is 6.32. The van der Waals surface area contributed by atoms with E-state index in [1.165, 1.54) is 6.33 Å². The monoisotopic (exact) mass is 345 g/mol. The molecule has 0 saturated carbocycles. The Morgan fingerprint density at radius 1 is 1.08 bits per heavy atom. The molecule has 2 N–H and O–H groups in total. The maximum Gasteiger partial charge on any atom is 0.189 e. The highest BCUT2D eigenvalue weighted by Crippen LogP contribution is 2.11. The van der Waals surface area contributed by atoms with Crippen LogP contribution in [0.5, 0.6) is 0 Å². The molecule has 26 heavy (non-hydrogen) atoms. The number of pyridine rings is 1. The standard InChI is InChI=1S/C20H19N5O/c1-14-2-7-19-18(8-14)20(26)9-16(24-19)11-21-10-15-3-5-17(6-4-15)25-13-22-12-23-25/h2-9,12-13,21H,10-11H2,1H3,(H,24,26). The quantitative estimate of drug-likeness (QED) is 0.583. The van der Waals surface area contributed by atoms with Gasteiger partial charge in [-0.15, -0.1) is 0 Å². The Labute approximate surface area is 150 Å². The van der Waals surface area contributed by atoms with Gasteiger partial charge in [-0.2, -0.15) is 5.10 Å². The van der Waals surface area contributed by atoms with Crippen molar-refractivity contribution in [2.24, 2.45) is 0 Å². The van der Waals surface area contributed by atoms with Crippen molar-refractivity contribution in [2.45, 2.75) is 20.0 Å².